The lowest BCUT2D eigenvalue weighted by molar-refractivity contribution is 0.0811. The first-order valence-electron chi connectivity index (χ1n) is 5.43. The number of furan rings is 1. The van der Waals surface area contributed by atoms with Gasteiger partial charge in [-0.15, -0.1) is 0 Å². The van der Waals surface area contributed by atoms with Gasteiger partial charge in [-0.1, -0.05) is 6.92 Å². The second-order valence-corrected chi connectivity index (χ2v) is 3.94. The molecule has 15 heavy (non-hydrogen) atoms. The van der Waals surface area contributed by atoms with Crippen LogP contribution in [0.5, 0.6) is 0 Å². The van der Waals surface area contributed by atoms with Crippen molar-refractivity contribution in [3.05, 3.63) is 24.2 Å². The van der Waals surface area contributed by atoms with Crippen LogP contribution in [0.4, 0.5) is 0 Å². The maximum atomic E-state index is 9.85. The van der Waals surface area contributed by atoms with Crippen molar-refractivity contribution in [1.29, 1.82) is 0 Å². The summed E-state index contributed by atoms with van der Waals surface area (Å²) in [5, 5.41) is 9.85. The van der Waals surface area contributed by atoms with E-state index in [0.29, 0.717) is 6.61 Å². The summed E-state index contributed by atoms with van der Waals surface area (Å²) in [4.78, 5) is 0. The van der Waals surface area contributed by atoms with Gasteiger partial charge in [0, 0.05) is 20.1 Å². The average Bonchev–Trinajstić information content (AvgIpc) is 2.75. The van der Waals surface area contributed by atoms with Crippen LogP contribution in [0.2, 0.25) is 0 Å². The third-order valence-electron chi connectivity index (χ3n) is 2.70. The van der Waals surface area contributed by atoms with Crippen LogP contribution >= 0.6 is 0 Å². The van der Waals surface area contributed by atoms with E-state index in [1.165, 1.54) is 0 Å². The molecule has 0 aliphatic rings. The summed E-state index contributed by atoms with van der Waals surface area (Å²) in [6.07, 6.45) is 3.83. The van der Waals surface area contributed by atoms with Crippen LogP contribution in [0.3, 0.4) is 0 Å². The number of hydrogen-bond acceptors (Lipinski definition) is 3. The number of methoxy groups -OCH3 is 1. The Morgan fingerprint density at radius 3 is 2.87 bits per heavy atom. The zero-order chi connectivity index (χ0) is 11.1. The van der Waals surface area contributed by atoms with E-state index in [9.17, 15) is 5.11 Å². The third kappa shape index (κ3) is 4.49. The molecule has 0 bridgehead atoms. The smallest absolute Gasteiger partial charge is 0.103 e. The molecule has 0 fully saturated rings. The Morgan fingerprint density at radius 2 is 2.27 bits per heavy atom. The van der Waals surface area contributed by atoms with Gasteiger partial charge >= 0.3 is 0 Å². The molecular formula is C12H20O3. The van der Waals surface area contributed by atoms with E-state index in [2.05, 4.69) is 0 Å². The molecule has 0 spiro atoms. The minimum atomic E-state index is -0.273. The second-order valence-electron chi connectivity index (χ2n) is 3.94. The van der Waals surface area contributed by atoms with Crippen LogP contribution in [-0.2, 0) is 11.2 Å². The second kappa shape index (κ2) is 6.64. The largest absolute Gasteiger partial charge is 0.469 e. The normalized spacial score (nSPS) is 15.1. The van der Waals surface area contributed by atoms with Crippen molar-refractivity contribution in [3.63, 3.8) is 0 Å². The maximum Gasteiger partial charge on any atom is 0.103 e. The molecule has 0 amide bonds. The molecule has 1 aromatic rings. The Bertz CT molecular complexity index is 243. The molecule has 2 atom stereocenters. The highest BCUT2D eigenvalue weighted by molar-refractivity contribution is 4.98. The lowest BCUT2D eigenvalue weighted by atomic mass is 9.97. The maximum absolute atomic E-state index is 9.85. The molecule has 3 nitrogen and oxygen atoms in total. The van der Waals surface area contributed by atoms with Gasteiger partial charge in [-0.05, 0) is 30.9 Å². The Kier molecular flexibility index (Phi) is 5.43. The predicted octanol–water partition coefficient (Wildman–Crippen LogP) is 2.25. The number of ether oxygens (including phenoxy) is 1. The van der Waals surface area contributed by atoms with Gasteiger partial charge in [0.25, 0.3) is 0 Å². The first-order chi connectivity index (χ1) is 7.24. The number of aryl methyl sites for hydroxylation is 1. The fourth-order valence-corrected chi connectivity index (χ4v) is 1.53. The summed E-state index contributed by atoms with van der Waals surface area (Å²) in [7, 11) is 1.68. The van der Waals surface area contributed by atoms with Crippen molar-refractivity contribution < 1.29 is 14.3 Å². The lowest BCUT2D eigenvalue weighted by Crippen LogP contribution is -2.19. The standard InChI is InChI=1S/C12H20O3/c1-10(7-9-14-2)12(13)6-5-11-4-3-8-15-11/h3-4,8,10,12-13H,5-7,9H2,1-2H3. The van der Waals surface area contributed by atoms with Gasteiger partial charge in [-0.25, -0.2) is 0 Å². The first kappa shape index (κ1) is 12.3. The summed E-state index contributed by atoms with van der Waals surface area (Å²) in [6, 6.07) is 3.81. The average molecular weight is 212 g/mol. The number of aliphatic hydroxyl groups is 1. The Morgan fingerprint density at radius 1 is 1.47 bits per heavy atom. The van der Waals surface area contributed by atoms with Gasteiger partial charge in [0.05, 0.1) is 12.4 Å². The van der Waals surface area contributed by atoms with E-state index in [-0.39, 0.29) is 12.0 Å². The van der Waals surface area contributed by atoms with E-state index >= 15 is 0 Å². The van der Waals surface area contributed by atoms with Crippen LogP contribution in [0.1, 0.15) is 25.5 Å². The molecule has 0 saturated carbocycles. The first-order valence-corrected chi connectivity index (χ1v) is 5.43. The molecule has 1 N–H and O–H groups in total. The van der Waals surface area contributed by atoms with Crippen molar-refractivity contribution in [3.8, 4) is 0 Å². The fourth-order valence-electron chi connectivity index (χ4n) is 1.53. The molecule has 0 radical (unpaired) electrons. The lowest BCUT2D eigenvalue weighted by Gasteiger charge is -2.17. The van der Waals surface area contributed by atoms with Crippen LogP contribution < -0.4 is 0 Å². The van der Waals surface area contributed by atoms with Crippen LogP contribution in [0, 0.1) is 5.92 Å². The van der Waals surface area contributed by atoms with Gasteiger partial charge in [-0.3, -0.25) is 0 Å². The van der Waals surface area contributed by atoms with Gasteiger partial charge in [0.15, 0.2) is 0 Å². The van der Waals surface area contributed by atoms with Crippen molar-refractivity contribution in [2.24, 2.45) is 5.92 Å². The van der Waals surface area contributed by atoms with Crippen LogP contribution in [-0.4, -0.2) is 24.9 Å². The van der Waals surface area contributed by atoms with Gasteiger partial charge in [0.2, 0.25) is 0 Å². The number of rotatable bonds is 7. The molecule has 0 saturated heterocycles. The molecule has 3 heteroatoms. The topological polar surface area (TPSA) is 42.6 Å². The summed E-state index contributed by atoms with van der Waals surface area (Å²) in [6.45, 7) is 2.75. The van der Waals surface area contributed by atoms with E-state index in [1.807, 2.05) is 19.1 Å². The Hall–Kier alpha value is -0.800. The molecule has 1 aromatic heterocycles. The molecule has 1 heterocycles. The minimum Gasteiger partial charge on any atom is -0.469 e. The zero-order valence-corrected chi connectivity index (χ0v) is 9.48. The van der Waals surface area contributed by atoms with Crippen molar-refractivity contribution in [2.45, 2.75) is 32.3 Å². The molecule has 0 aliphatic heterocycles. The van der Waals surface area contributed by atoms with Gasteiger partial charge in [-0.2, -0.15) is 0 Å². The predicted molar refractivity (Wildman–Crippen MR) is 58.7 cm³/mol. The highest BCUT2D eigenvalue weighted by Gasteiger charge is 2.14. The minimum absolute atomic E-state index is 0.273. The summed E-state index contributed by atoms with van der Waals surface area (Å²) >= 11 is 0. The number of aliphatic hydroxyl groups excluding tert-OH is 1. The monoisotopic (exact) mass is 212 g/mol. The van der Waals surface area contributed by atoms with Crippen molar-refractivity contribution in [1.82, 2.24) is 0 Å². The Labute approximate surface area is 91.1 Å². The van der Waals surface area contributed by atoms with Crippen molar-refractivity contribution in [2.75, 3.05) is 13.7 Å². The molecule has 0 aliphatic carbocycles. The van der Waals surface area contributed by atoms with E-state index < -0.39 is 0 Å². The Balaban J connectivity index is 2.20. The quantitative estimate of drug-likeness (QED) is 0.753. The van der Waals surface area contributed by atoms with Crippen LogP contribution in [0.15, 0.2) is 22.8 Å². The van der Waals surface area contributed by atoms with E-state index in [0.717, 1.165) is 25.0 Å². The summed E-state index contributed by atoms with van der Waals surface area (Å²) in [5.41, 5.74) is 0. The zero-order valence-electron chi connectivity index (χ0n) is 9.48. The van der Waals surface area contributed by atoms with E-state index in [4.69, 9.17) is 9.15 Å². The van der Waals surface area contributed by atoms with Crippen molar-refractivity contribution >= 4 is 0 Å². The molecular weight excluding hydrogens is 192 g/mol. The summed E-state index contributed by atoms with van der Waals surface area (Å²) in [5.74, 6) is 1.22. The fraction of sp³-hybridized carbons (Fsp3) is 0.667. The van der Waals surface area contributed by atoms with E-state index in [1.54, 1.807) is 13.4 Å². The van der Waals surface area contributed by atoms with Gasteiger partial charge < -0.3 is 14.3 Å². The van der Waals surface area contributed by atoms with Gasteiger partial charge in [0.1, 0.15) is 5.76 Å². The SMILES string of the molecule is COCCC(C)C(O)CCc1ccco1. The molecule has 1 rings (SSSR count). The van der Waals surface area contributed by atoms with Crippen LogP contribution in [0.25, 0.3) is 0 Å². The highest BCUT2D eigenvalue weighted by Crippen LogP contribution is 2.14. The summed E-state index contributed by atoms with van der Waals surface area (Å²) < 4.78 is 10.2. The molecule has 0 aromatic carbocycles. The molecule has 2 unspecified atom stereocenters. The third-order valence-corrected chi connectivity index (χ3v) is 2.70. The number of hydrogen-bond donors (Lipinski definition) is 1. The highest BCUT2D eigenvalue weighted by atomic mass is 16.5. The molecule has 86 valence electrons.